The van der Waals surface area contributed by atoms with Gasteiger partial charge in [0.2, 0.25) is 5.91 Å². The lowest BCUT2D eigenvalue weighted by molar-refractivity contribution is -0.142. The van der Waals surface area contributed by atoms with Gasteiger partial charge in [0.1, 0.15) is 11.6 Å². The quantitative estimate of drug-likeness (QED) is 0.371. The van der Waals surface area contributed by atoms with Gasteiger partial charge in [0.25, 0.3) is 0 Å². The Morgan fingerprint density at radius 2 is 1.49 bits per heavy atom. The number of ether oxygens (including phenoxy) is 1. The van der Waals surface area contributed by atoms with E-state index < -0.39 is 29.4 Å². The van der Waals surface area contributed by atoms with Gasteiger partial charge in [-0.1, -0.05) is 36.4 Å². The molecule has 0 spiro atoms. The number of amides is 1. The number of carboxylic acids is 1. The molecule has 1 unspecified atom stereocenters. The smallest absolute Gasteiger partial charge is 0.307 e. The highest BCUT2D eigenvalue weighted by molar-refractivity contribution is 5.98. The van der Waals surface area contributed by atoms with Gasteiger partial charge in [0.15, 0.2) is 5.78 Å². The van der Waals surface area contributed by atoms with E-state index in [0.717, 1.165) is 29.3 Å². The number of Topliss-reactive ketones (excluding diaryl/α,β-unsaturated/α-hetero) is 1. The number of aliphatic carboxylic acids is 1. The van der Waals surface area contributed by atoms with E-state index in [2.05, 4.69) is 5.32 Å². The van der Waals surface area contributed by atoms with Crippen LogP contribution in [0.2, 0.25) is 0 Å². The van der Waals surface area contributed by atoms with Crippen molar-refractivity contribution in [2.45, 2.75) is 19.3 Å². The fourth-order valence-corrected chi connectivity index (χ4v) is 3.61. The standard InChI is InChI=1S/C27H25F2NO5/c1-35-11-10-21(27(33)34)15-25(31)20-4-2-18(3-5-20)19-6-8-24(9-7-19)30-26(32)14-17-12-22(28)16-23(29)13-17/h2-9,12-13,16,21H,10-11,14-15H2,1H3,(H,30,32)(H,33,34). The Hall–Kier alpha value is -3.91. The molecule has 3 aromatic carbocycles. The average molecular weight is 481 g/mol. The number of hydrogen-bond donors (Lipinski definition) is 2. The Balaban J connectivity index is 1.60. The molecule has 2 N–H and O–H groups in total. The summed E-state index contributed by atoms with van der Waals surface area (Å²) >= 11 is 0. The highest BCUT2D eigenvalue weighted by Crippen LogP contribution is 2.23. The van der Waals surface area contributed by atoms with Gasteiger partial charge < -0.3 is 15.2 Å². The molecular formula is C27H25F2NO5. The zero-order valence-corrected chi connectivity index (χ0v) is 19.1. The lowest BCUT2D eigenvalue weighted by Crippen LogP contribution is -2.19. The van der Waals surface area contributed by atoms with Crippen LogP contribution >= 0.6 is 0 Å². The first-order valence-corrected chi connectivity index (χ1v) is 11.0. The van der Waals surface area contributed by atoms with Gasteiger partial charge >= 0.3 is 5.97 Å². The van der Waals surface area contributed by atoms with Crippen LogP contribution in [0, 0.1) is 17.6 Å². The Labute approximate surface area is 201 Å². The minimum absolute atomic E-state index is 0.102. The number of halogens is 2. The van der Waals surface area contributed by atoms with Crippen molar-refractivity contribution in [1.29, 1.82) is 0 Å². The summed E-state index contributed by atoms with van der Waals surface area (Å²) in [6, 6.07) is 16.8. The molecule has 3 rings (SSSR count). The molecule has 182 valence electrons. The Kier molecular flexibility index (Phi) is 8.80. The molecule has 8 heteroatoms. The third-order valence-corrected chi connectivity index (χ3v) is 5.45. The van der Waals surface area contributed by atoms with E-state index in [0.29, 0.717) is 11.3 Å². The first-order valence-electron chi connectivity index (χ1n) is 11.0. The maximum atomic E-state index is 13.3. The first kappa shape index (κ1) is 25.7. The molecule has 6 nitrogen and oxygen atoms in total. The van der Waals surface area contributed by atoms with Crippen LogP contribution in [0.3, 0.4) is 0 Å². The number of hydrogen-bond acceptors (Lipinski definition) is 4. The van der Waals surface area contributed by atoms with E-state index in [-0.39, 0.29) is 37.2 Å². The number of carboxylic acid groups (broad SMARTS) is 1. The normalized spacial score (nSPS) is 11.6. The fraction of sp³-hybridized carbons (Fsp3) is 0.222. The second-order valence-corrected chi connectivity index (χ2v) is 8.10. The van der Waals surface area contributed by atoms with Gasteiger partial charge in [-0.05, 0) is 47.4 Å². The van der Waals surface area contributed by atoms with E-state index in [1.165, 1.54) is 7.11 Å². The van der Waals surface area contributed by atoms with Crippen LogP contribution in [0.4, 0.5) is 14.5 Å². The van der Waals surface area contributed by atoms with Crippen LogP contribution in [-0.4, -0.2) is 36.5 Å². The van der Waals surface area contributed by atoms with Crippen molar-refractivity contribution in [2.75, 3.05) is 19.0 Å². The summed E-state index contributed by atoms with van der Waals surface area (Å²) in [7, 11) is 1.48. The van der Waals surface area contributed by atoms with E-state index in [4.69, 9.17) is 4.74 Å². The largest absolute Gasteiger partial charge is 0.481 e. The molecule has 0 aliphatic rings. The van der Waals surface area contributed by atoms with Crippen molar-refractivity contribution in [3.63, 3.8) is 0 Å². The SMILES string of the molecule is COCCC(CC(=O)c1ccc(-c2ccc(NC(=O)Cc3cc(F)cc(F)c3)cc2)cc1)C(=O)O. The number of ketones is 1. The zero-order chi connectivity index (χ0) is 25.4. The van der Waals surface area contributed by atoms with Crippen LogP contribution in [-0.2, 0) is 20.7 Å². The van der Waals surface area contributed by atoms with Gasteiger partial charge in [0, 0.05) is 37.5 Å². The second-order valence-electron chi connectivity index (χ2n) is 8.10. The molecule has 0 saturated heterocycles. The van der Waals surface area contributed by atoms with Gasteiger partial charge in [-0.3, -0.25) is 14.4 Å². The Morgan fingerprint density at radius 1 is 0.914 bits per heavy atom. The summed E-state index contributed by atoms with van der Waals surface area (Å²) in [5, 5.41) is 12.0. The third-order valence-electron chi connectivity index (χ3n) is 5.45. The molecule has 0 bridgehead atoms. The number of rotatable bonds is 11. The van der Waals surface area contributed by atoms with E-state index in [1.807, 2.05) is 0 Å². The summed E-state index contributed by atoms with van der Waals surface area (Å²) < 4.78 is 31.5. The zero-order valence-electron chi connectivity index (χ0n) is 19.1. The van der Waals surface area contributed by atoms with Gasteiger partial charge in [-0.25, -0.2) is 8.78 Å². The van der Waals surface area contributed by atoms with Crippen LogP contribution in [0.25, 0.3) is 11.1 Å². The highest BCUT2D eigenvalue weighted by atomic mass is 19.1. The van der Waals surface area contributed by atoms with Crippen molar-refractivity contribution in [1.82, 2.24) is 0 Å². The topological polar surface area (TPSA) is 92.7 Å². The lowest BCUT2D eigenvalue weighted by Gasteiger charge is -2.11. The van der Waals surface area contributed by atoms with Crippen molar-refractivity contribution in [3.8, 4) is 11.1 Å². The molecule has 0 aliphatic carbocycles. The maximum absolute atomic E-state index is 13.3. The Morgan fingerprint density at radius 3 is 2.03 bits per heavy atom. The number of carbonyl (C=O) groups is 3. The van der Waals surface area contributed by atoms with Gasteiger partial charge in [-0.2, -0.15) is 0 Å². The minimum atomic E-state index is -1.03. The second kappa shape index (κ2) is 12.0. The summed E-state index contributed by atoms with van der Waals surface area (Å²) in [5.41, 5.74) is 2.87. The monoisotopic (exact) mass is 481 g/mol. The average Bonchev–Trinajstić information content (AvgIpc) is 2.81. The molecule has 0 saturated carbocycles. The van der Waals surface area contributed by atoms with E-state index in [9.17, 15) is 28.3 Å². The highest BCUT2D eigenvalue weighted by Gasteiger charge is 2.21. The van der Waals surface area contributed by atoms with E-state index >= 15 is 0 Å². The van der Waals surface area contributed by atoms with Crippen molar-refractivity contribution >= 4 is 23.3 Å². The first-order chi connectivity index (χ1) is 16.7. The molecule has 0 aromatic heterocycles. The summed E-state index contributed by atoms with van der Waals surface area (Å²) in [4.78, 5) is 36.1. The molecule has 0 radical (unpaired) electrons. The summed E-state index contributed by atoms with van der Waals surface area (Å²) in [6.45, 7) is 0.267. The summed E-state index contributed by atoms with van der Waals surface area (Å²) in [5.74, 6) is -3.96. The Bertz CT molecular complexity index is 1170. The predicted octanol–water partition coefficient (Wildman–Crippen LogP) is 5.12. The minimum Gasteiger partial charge on any atom is -0.481 e. The lowest BCUT2D eigenvalue weighted by atomic mass is 9.94. The summed E-state index contributed by atoms with van der Waals surface area (Å²) in [6.07, 6.45) is -0.00745. The molecular weight excluding hydrogens is 456 g/mol. The number of anilines is 1. The number of nitrogens with one attached hydrogen (secondary N) is 1. The third kappa shape index (κ3) is 7.55. The molecule has 1 amide bonds. The molecule has 0 fully saturated rings. The van der Waals surface area contributed by atoms with Crippen molar-refractivity contribution in [2.24, 2.45) is 5.92 Å². The maximum Gasteiger partial charge on any atom is 0.307 e. The predicted molar refractivity (Wildman–Crippen MR) is 127 cm³/mol. The van der Waals surface area contributed by atoms with Crippen LogP contribution < -0.4 is 5.32 Å². The molecule has 1 atom stereocenters. The van der Waals surface area contributed by atoms with Crippen LogP contribution in [0.1, 0.15) is 28.8 Å². The molecule has 0 heterocycles. The van der Waals surface area contributed by atoms with Crippen LogP contribution in [0.5, 0.6) is 0 Å². The van der Waals surface area contributed by atoms with Gasteiger partial charge in [0.05, 0.1) is 12.3 Å². The number of benzene rings is 3. The van der Waals surface area contributed by atoms with Crippen molar-refractivity contribution in [3.05, 3.63) is 89.5 Å². The van der Waals surface area contributed by atoms with E-state index in [1.54, 1.807) is 48.5 Å². The number of methoxy groups -OCH3 is 1. The fourth-order valence-electron chi connectivity index (χ4n) is 3.61. The molecule has 3 aromatic rings. The van der Waals surface area contributed by atoms with Crippen molar-refractivity contribution < 1.29 is 33.0 Å². The number of carbonyl (C=O) groups excluding carboxylic acids is 2. The van der Waals surface area contributed by atoms with Crippen LogP contribution in [0.15, 0.2) is 66.7 Å². The molecule has 35 heavy (non-hydrogen) atoms. The van der Waals surface area contributed by atoms with Gasteiger partial charge in [-0.15, -0.1) is 0 Å². The molecule has 0 aliphatic heterocycles.